The van der Waals surface area contributed by atoms with Crippen molar-refractivity contribution in [3.63, 3.8) is 0 Å². The maximum absolute atomic E-state index is 9.28. The van der Waals surface area contributed by atoms with Gasteiger partial charge in [0.25, 0.3) is 0 Å². The fourth-order valence-corrected chi connectivity index (χ4v) is 2.65. The summed E-state index contributed by atoms with van der Waals surface area (Å²) in [5.74, 6) is 0.918. The van der Waals surface area contributed by atoms with Crippen molar-refractivity contribution in [1.82, 2.24) is 4.90 Å². The van der Waals surface area contributed by atoms with Crippen LogP contribution in [0.5, 0.6) is 5.75 Å². The third-order valence-corrected chi connectivity index (χ3v) is 3.89. The number of rotatable bonds is 6. The van der Waals surface area contributed by atoms with Crippen LogP contribution >= 0.6 is 0 Å². The molecule has 0 aliphatic carbocycles. The molecule has 0 saturated carbocycles. The third kappa shape index (κ3) is 4.39. The molecule has 1 N–H and O–H groups in total. The van der Waals surface area contributed by atoms with E-state index in [1.807, 2.05) is 19.1 Å². The molecule has 0 aromatic heterocycles. The number of hydrogen-bond acceptors (Lipinski definition) is 4. The Hall–Kier alpha value is -1.26. The molecule has 4 heteroatoms. The molecule has 1 aliphatic heterocycles. The van der Waals surface area contributed by atoms with Crippen LogP contribution in [0.3, 0.4) is 0 Å². The molecule has 112 valence electrons. The van der Waals surface area contributed by atoms with Gasteiger partial charge in [-0.3, -0.25) is 4.90 Å². The zero-order valence-electron chi connectivity index (χ0n) is 12.6. The number of nitrogens with zero attached hydrogens (tertiary/aromatic N) is 2. The van der Waals surface area contributed by atoms with E-state index in [0.29, 0.717) is 0 Å². The number of anilines is 1. The highest BCUT2D eigenvalue weighted by Crippen LogP contribution is 2.22. The lowest BCUT2D eigenvalue weighted by molar-refractivity contribution is 0.169. The van der Waals surface area contributed by atoms with Crippen LogP contribution in [0.15, 0.2) is 24.3 Å². The molecule has 1 fully saturated rings. The normalized spacial score (nSPS) is 18.1. The summed E-state index contributed by atoms with van der Waals surface area (Å²) >= 11 is 0. The highest BCUT2D eigenvalue weighted by molar-refractivity contribution is 5.51. The van der Waals surface area contributed by atoms with Crippen LogP contribution in [-0.2, 0) is 0 Å². The average Bonchev–Trinajstić information content (AvgIpc) is 2.48. The first-order chi connectivity index (χ1) is 9.69. The topological polar surface area (TPSA) is 35.9 Å². The molecule has 0 amide bonds. The Bertz CT molecular complexity index is 401. The second-order valence-corrected chi connectivity index (χ2v) is 5.52. The van der Waals surface area contributed by atoms with Crippen molar-refractivity contribution in [2.24, 2.45) is 0 Å². The molecule has 1 aromatic carbocycles. The van der Waals surface area contributed by atoms with Crippen molar-refractivity contribution in [3.8, 4) is 5.75 Å². The molecule has 1 atom stereocenters. The van der Waals surface area contributed by atoms with E-state index in [-0.39, 0.29) is 6.10 Å². The first-order valence-corrected chi connectivity index (χ1v) is 7.48. The van der Waals surface area contributed by atoms with Gasteiger partial charge in [-0.2, -0.15) is 0 Å². The van der Waals surface area contributed by atoms with Crippen molar-refractivity contribution in [3.05, 3.63) is 24.3 Å². The van der Waals surface area contributed by atoms with Gasteiger partial charge in [0.15, 0.2) is 0 Å². The number of ether oxygens (including phenoxy) is 1. The predicted molar refractivity (Wildman–Crippen MR) is 82.6 cm³/mol. The Morgan fingerprint density at radius 3 is 2.65 bits per heavy atom. The first-order valence-electron chi connectivity index (χ1n) is 7.48. The van der Waals surface area contributed by atoms with Crippen LogP contribution in [-0.4, -0.2) is 55.9 Å². The Kier molecular flexibility index (Phi) is 5.68. The van der Waals surface area contributed by atoms with Gasteiger partial charge < -0.3 is 14.7 Å². The standard InChI is InChI=1S/C16H26N2O2/c1-14(19)5-4-8-17-9-11-18(12-10-17)15-6-3-7-16(13-15)20-2/h3,6-7,13-14,19H,4-5,8-12H2,1-2H3. The lowest BCUT2D eigenvalue weighted by Gasteiger charge is -2.36. The molecule has 1 aromatic rings. The largest absolute Gasteiger partial charge is 0.497 e. The van der Waals surface area contributed by atoms with Crippen LogP contribution < -0.4 is 9.64 Å². The Morgan fingerprint density at radius 2 is 2.00 bits per heavy atom. The summed E-state index contributed by atoms with van der Waals surface area (Å²) in [5, 5.41) is 9.28. The molecule has 1 aliphatic rings. The summed E-state index contributed by atoms with van der Waals surface area (Å²) in [6.45, 7) is 7.26. The van der Waals surface area contributed by atoms with Gasteiger partial charge in [-0.1, -0.05) is 6.07 Å². The van der Waals surface area contributed by atoms with E-state index in [0.717, 1.165) is 51.3 Å². The SMILES string of the molecule is COc1cccc(N2CCN(CCCC(C)O)CC2)c1. The number of aliphatic hydroxyl groups is 1. The molecule has 20 heavy (non-hydrogen) atoms. The summed E-state index contributed by atoms with van der Waals surface area (Å²) in [5.41, 5.74) is 1.24. The Balaban J connectivity index is 1.78. The number of hydrogen-bond donors (Lipinski definition) is 1. The molecule has 4 nitrogen and oxygen atoms in total. The van der Waals surface area contributed by atoms with Gasteiger partial charge in [0.2, 0.25) is 0 Å². The quantitative estimate of drug-likeness (QED) is 0.863. The zero-order chi connectivity index (χ0) is 14.4. The number of piperazine rings is 1. The Labute approximate surface area is 122 Å². The number of benzene rings is 1. The second-order valence-electron chi connectivity index (χ2n) is 5.52. The summed E-state index contributed by atoms with van der Waals surface area (Å²) in [4.78, 5) is 4.90. The van der Waals surface area contributed by atoms with E-state index in [1.54, 1.807) is 7.11 Å². The molecule has 1 saturated heterocycles. The van der Waals surface area contributed by atoms with Crippen LogP contribution in [0.4, 0.5) is 5.69 Å². The van der Waals surface area contributed by atoms with Gasteiger partial charge in [-0.05, 0) is 38.4 Å². The summed E-state index contributed by atoms with van der Waals surface area (Å²) in [6.07, 6.45) is 1.81. The lowest BCUT2D eigenvalue weighted by atomic mass is 10.2. The van der Waals surface area contributed by atoms with Gasteiger partial charge in [-0.25, -0.2) is 0 Å². The minimum absolute atomic E-state index is 0.173. The van der Waals surface area contributed by atoms with Gasteiger partial charge in [0.1, 0.15) is 5.75 Å². The van der Waals surface area contributed by atoms with Crippen LogP contribution in [0.1, 0.15) is 19.8 Å². The summed E-state index contributed by atoms with van der Waals surface area (Å²) in [7, 11) is 1.71. The molecule has 1 unspecified atom stereocenters. The van der Waals surface area contributed by atoms with Gasteiger partial charge >= 0.3 is 0 Å². The fourth-order valence-electron chi connectivity index (χ4n) is 2.65. The fraction of sp³-hybridized carbons (Fsp3) is 0.625. The van der Waals surface area contributed by atoms with E-state index in [9.17, 15) is 5.11 Å². The highest BCUT2D eigenvalue weighted by atomic mass is 16.5. The highest BCUT2D eigenvalue weighted by Gasteiger charge is 2.17. The molecule has 0 radical (unpaired) electrons. The van der Waals surface area contributed by atoms with Crippen molar-refractivity contribution in [2.45, 2.75) is 25.9 Å². The van der Waals surface area contributed by atoms with E-state index in [4.69, 9.17) is 4.74 Å². The minimum Gasteiger partial charge on any atom is -0.497 e. The molecule has 0 bridgehead atoms. The average molecular weight is 278 g/mol. The van der Waals surface area contributed by atoms with Crippen molar-refractivity contribution in [1.29, 1.82) is 0 Å². The van der Waals surface area contributed by atoms with E-state index >= 15 is 0 Å². The van der Waals surface area contributed by atoms with Gasteiger partial charge in [0, 0.05) is 37.9 Å². The smallest absolute Gasteiger partial charge is 0.120 e. The third-order valence-electron chi connectivity index (χ3n) is 3.89. The van der Waals surface area contributed by atoms with Crippen LogP contribution in [0.25, 0.3) is 0 Å². The number of methoxy groups -OCH3 is 1. The van der Waals surface area contributed by atoms with E-state index < -0.39 is 0 Å². The molecule has 0 spiro atoms. The number of aliphatic hydroxyl groups excluding tert-OH is 1. The first kappa shape index (κ1) is 15.1. The molecule has 1 heterocycles. The molecule has 2 rings (SSSR count). The maximum atomic E-state index is 9.28. The lowest BCUT2D eigenvalue weighted by Crippen LogP contribution is -2.46. The Morgan fingerprint density at radius 1 is 1.25 bits per heavy atom. The predicted octanol–water partition coefficient (Wildman–Crippen LogP) is 1.98. The zero-order valence-corrected chi connectivity index (χ0v) is 12.6. The van der Waals surface area contributed by atoms with Gasteiger partial charge in [-0.15, -0.1) is 0 Å². The van der Waals surface area contributed by atoms with E-state index in [1.165, 1.54) is 5.69 Å². The van der Waals surface area contributed by atoms with Gasteiger partial charge in [0.05, 0.1) is 13.2 Å². The monoisotopic (exact) mass is 278 g/mol. The van der Waals surface area contributed by atoms with Crippen LogP contribution in [0.2, 0.25) is 0 Å². The maximum Gasteiger partial charge on any atom is 0.120 e. The minimum atomic E-state index is -0.173. The van der Waals surface area contributed by atoms with Crippen molar-refractivity contribution < 1.29 is 9.84 Å². The second kappa shape index (κ2) is 7.50. The summed E-state index contributed by atoms with van der Waals surface area (Å²) < 4.78 is 5.28. The van der Waals surface area contributed by atoms with Crippen molar-refractivity contribution in [2.75, 3.05) is 44.7 Å². The van der Waals surface area contributed by atoms with Crippen LogP contribution in [0, 0.1) is 0 Å². The molecular formula is C16H26N2O2. The van der Waals surface area contributed by atoms with E-state index in [2.05, 4.69) is 21.9 Å². The van der Waals surface area contributed by atoms with Crippen molar-refractivity contribution >= 4 is 5.69 Å². The summed E-state index contributed by atoms with van der Waals surface area (Å²) in [6, 6.07) is 8.27. The molecular weight excluding hydrogens is 252 g/mol.